The quantitative estimate of drug-likeness (QED) is 0.630. The molecule has 0 bridgehead atoms. The van der Waals surface area contributed by atoms with Crippen molar-refractivity contribution in [3.8, 4) is 0 Å². The molecule has 1 aliphatic carbocycles. The van der Waals surface area contributed by atoms with Crippen molar-refractivity contribution in [2.45, 2.75) is 37.7 Å². The Labute approximate surface area is 109 Å². The number of ether oxygens (including phenoxy) is 1. The zero-order chi connectivity index (χ0) is 13.8. The lowest BCUT2D eigenvalue weighted by atomic mass is 9.73. The van der Waals surface area contributed by atoms with E-state index in [9.17, 15) is 15.0 Å². The van der Waals surface area contributed by atoms with Crippen LogP contribution in [0.15, 0.2) is 11.0 Å². The van der Waals surface area contributed by atoms with Crippen LogP contribution in [0.25, 0.3) is 0 Å². The first-order valence-corrected chi connectivity index (χ1v) is 6.32. The molecular formula is C12H17N3O4. The van der Waals surface area contributed by atoms with Gasteiger partial charge in [-0.2, -0.15) is 4.98 Å². The van der Waals surface area contributed by atoms with Crippen LogP contribution in [0.3, 0.4) is 0 Å². The molecule has 0 radical (unpaired) electrons. The Hall–Kier alpha value is -1.44. The summed E-state index contributed by atoms with van der Waals surface area (Å²) in [5, 5.41) is 19.3. The van der Waals surface area contributed by atoms with Gasteiger partial charge in [-0.15, -0.1) is 0 Å². The molecule has 104 valence electrons. The number of aromatic nitrogens is 2. The van der Waals surface area contributed by atoms with E-state index < -0.39 is 23.6 Å². The summed E-state index contributed by atoms with van der Waals surface area (Å²) in [6, 6.07) is 0. The van der Waals surface area contributed by atoms with Crippen molar-refractivity contribution in [2.75, 3.05) is 12.3 Å². The standard InChI is InChI=1S/C12H17N3O4/c1-6-4-15(11(18)14-10(6)13)12-3-2-7(12)9(17)8(5-16)19-12/h4,7-9,16-17H,2-3,5H2,1H3,(H2,13,14,18)/t7-,8-,9+,12-/m1/s1. The van der Waals surface area contributed by atoms with Crippen molar-refractivity contribution >= 4 is 5.82 Å². The molecule has 1 aromatic heterocycles. The highest BCUT2D eigenvalue weighted by Crippen LogP contribution is 2.53. The summed E-state index contributed by atoms with van der Waals surface area (Å²) in [7, 11) is 0. The molecule has 0 unspecified atom stereocenters. The predicted octanol–water partition coefficient (Wildman–Crippen LogP) is -1.05. The molecule has 4 N–H and O–H groups in total. The molecule has 3 rings (SSSR count). The number of nitrogens with zero attached hydrogens (tertiary/aromatic N) is 2. The maximum atomic E-state index is 12.0. The Bertz CT molecular complexity index is 573. The third kappa shape index (κ3) is 1.55. The van der Waals surface area contributed by atoms with E-state index in [-0.39, 0.29) is 18.3 Å². The number of fused-ring (bicyclic) bond motifs is 1. The van der Waals surface area contributed by atoms with Gasteiger partial charge < -0.3 is 20.7 Å². The van der Waals surface area contributed by atoms with Crippen LogP contribution < -0.4 is 11.4 Å². The minimum Gasteiger partial charge on any atom is -0.394 e. The summed E-state index contributed by atoms with van der Waals surface area (Å²) >= 11 is 0. The van der Waals surface area contributed by atoms with Gasteiger partial charge in [0.25, 0.3) is 0 Å². The summed E-state index contributed by atoms with van der Waals surface area (Å²) in [6.07, 6.45) is 1.58. The lowest BCUT2D eigenvalue weighted by Crippen LogP contribution is -2.54. The Morgan fingerprint density at radius 3 is 3.00 bits per heavy atom. The minimum absolute atomic E-state index is 0.188. The number of rotatable bonds is 2. The van der Waals surface area contributed by atoms with Crippen molar-refractivity contribution in [1.82, 2.24) is 9.55 Å². The topological polar surface area (TPSA) is 111 Å². The van der Waals surface area contributed by atoms with Crippen molar-refractivity contribution in [1.29, 1.82) is 0 Å². The minimum atomic E-state index is -0.880. The highest BCUT2D eigenvalue weighted by molar-refractivity contribution is 5.35. The first-order chi connectivity index (χ1) is 8.99. The van der Waals surface area contributed by atoms with Gasteiger partial charge in [-0.1, -0.05) is 0 Å². The second-order valence-electron chi connectivity index (χ2n) is 5.28. The van der Waals surface area contributed by atoms with Gasteiger partial charge in [-0.3, -0.25) is 4.57 Å². The molecule has 2 fully saturated rings. The van der Waals surface area contributed by atoms with Gasteiger partial charge in [-0.05, 0) is 19.8 Å². The molecule has 2 heterocycles. The second-order valence-corrected chi connectivity index (χ2v) is 5.28. The number of aryl methyl sites for hydroxylation is 1. The van der Waals surface area contributed by atoms with E-state index in [1.165, 1.54) is 4.57 Å². The summed E-state index contributed by atoms with van der Waals surface area (Å²) in [4.78, 5) is 15.8. The number of aliphatic hydroxyl groups is 2. The molecule has 4 atom stereocenters. The SMILES string of the molecule is Cc1cn([C@@]23CC[C@@H]2[C@H](O)[C@@H](CO)O3)c(=O)nc1N. The number of nitrogen functional groups attached to an aromatic ring is 1. The van der Waals surface area contributed by atoms with E-state index in [1.54, 1.807) is 13.1 Å². The van der Waals surface area contributed by atoms with E-state index in [1.807, 2.05) is 0 Å². The van der Waals surface area contributed by atoms with Gasteiger partial charge in [0.05, 0.1) is 12.7 Å². The molecule has 1 aliphatic heterocycles. The van der Waals surface area contributed by atoms with E-state index in [2.05, 4.69) is 4.98 Å². The van der Waals surface area contributed by atoms with E-state index in [0.717, 1.165) is 6.42 Å². The lowest BCUT2D eigenvalue weighted by molar-refractivity contribution is -0.176. The largest absolute Gasteiger partial charge is 0.394 e. The fraction of sp³-hybridized carbons (Fsp3) is 0.667. The van der Waals surface area contributed by atoms with Crippen molar-refractivity contribution in [3.05, 3.63) is 22.2 Å². The van der Waals surface area contributed by atoms with Gasteiger partial charge in [0.2, 0.25) is 0 Å². The van der Waals surface area contributed by atoms with Gasteiger partial charge >= 0.3 is 5.69 Å². The highest BCUT2D eigenvalue weighted by atomic mass is 16.6. The first kappa shape index (κ1) is 12.6. The first-order valence-electron chi connectivity index (χ1n) is 6.32. The summed E-state index contributed by atoms with van der Waals surface area (Å²) in [5.41, 5.74) is 4.93. The highest BCUT2D eigenvalue weighted by Gasteiger charge is 2.61. The third-order valence-corrected chi connectivity index (χ3v) is 4.28. The van der Waals surface area contributed by atoms with Crippen LogP contribution >= 0.6 is 0 Å². The fourth-order valence-corrected chi connectivity index (χ4v) is 3.07. The number of anilines is 1. The van der Waals surface area contributed by atoms with Crippen LogP contribution in [0.5, 0.6) is 0 Å². The van der Waals surface area contributed by atoms with Crippen LogP contribution in [0.4, 0.5) is 5.82 Å². The molecule has 0 aromatic carbocycles. The smallest absolute Gasteiger partial charge is 0.351 e. The van der Waals surface area contributed by atoms with Crippen molar-refractivity contribution in [2.24, 2.45) is 5.92 Å². The summed E-state index contributed by atoms with van der Waals surface area (Å²) in [5.74, 6) is 0.0120. The Morgan fingerprint density at radius 1 is 1.68 bits per heavy atom. The number of hydrogen-bond donors (Lipinski definition) is 3. The van der Waals surface area contributed by atoms with E-state index in [4.69, 9.17) is 10.5 Å². The number of aliphatic hydroxyl groups excluding tert-OH is 2. The van der Waals surface area contributed by atoms with Crippen LogP contribution in [-0.2, 0) is 10.5 Å². The lowest BCUT2D eigenvalue weighted by Gasteiger charge is -2.44. The number of nitrogens with two attached hydrogens (primary N) is 1. The monoisotopic (exact) mass is 267 g/mol. The maximum absolute atomic E-state index is 12.0. The normalized spacial score (nSPS) is 36.9. The zero-order valence-electron chi connectivity index (χ0n) is 10.6. The molecule has 7 nitrogen and oxygen atoms in total. The molecule has 1 saturated heterocycles. The molecule has 2 aliphatic rings. The maximum Gasteiger partial charge on any atom is 0.351 e. The average Bonchev–Trinajstić information content (AvgIpc) is 2.52. The molecule has 1 saturated carbocycles. The molecule has 19 heavy (non-hydrogen) atoms. The summed E-state index contributed by atoms with van der Waals surface area (Å²) in [6.45, 7) is 1.49. The average molecular weight is 267 g/mol. The van der Waals surface area contributed by atoms with Gasteiger partial charge in [0.1, 0.15) is 11.9 Å². The Morgan fingerprint density at radius 2 is 2.42 bits per heavy atom. The Kier molecular flexibility index (Phi) is 2.67. The third-order valence-electron chi connectivity index (χ3n) is 4.28. The molecule has 7 heteroatoms. The molecular weight excluding hydrogens is 250 g/mol. The summed E-state index contributed by atoms with van der Waals surface area (Å²) < 4.78 is 7.16. The van der Waals surface area contributed by atoms with E-state index in [0.29, 0.717) is 12.0 Å². The number of hydrogen-bond acceptors (Lipinski definition) is 6. The van der Waals surface area contributed by atoms with Gasteiger partial charge in [0, 0.05) is 17.7 Å². The second kappa shape index (κ2) is 4.03. The molecule has 0 amide bonds. The van der Waals surface area contributed by atoms with E-state index >= 15 is 0 Å². The molecule has 1 aromatic rings. The van der Waals surface area contributed by atoms with Crippen LogP contribution in [0.2, 0.25) is 0 Å². The predicted molar refractivity (Wildman–Crippen MR) is 66.3 cm³/mol. The van der Waals surface area contributed by atoms with Crippen LogP contribution in [0, 0.1) is 12.8 Å². The van der Waals surface area contributed by atoms with Gasteiger partial charge in [0.15, 0.2) is 5.72 Å². The van der Waals surface area contributed by atoms with Crippen molar-refractivity contribution in [3.63, 3.8) is 0 Å². The van der Waals surface area contributed by atoms with Crippen LogP contribution in [-0.4, -0.2) is 38.6 Å². The molecule has 0 spiro atoms. The zero-order valence-corrected chi connectivity index (χ0v) is 10.6. The van der Waals surface area contributed by atoms with Crippen LogP contribution in [0.1, 0.15) is 18.4 Å². The van der Waals surface area contributed by atoms with Gasteiger partial charge in [-0.25, -0.2) is 4.79 Å². The van der Waals surface area contributed by atoms with Crippen molar-refractivity contribution < 1.29 is 14.9 Å². The fourth-order valence-electron chi connectivity index (χ4n) is 3.07. The Balaban J connectivity index is 2.08.